The fourth-order valence-electron chi connectivity index (χ4n) is 2.41. The second-order valence-corrected chi connectivity index (χ2v) is 8.51. The van der Waals surface area contributed by atoms with E-state index in [2.05, 4.69) is 26.2 Å². The second kappa shape index (κ2) is 8.49. The fraction of sp³-hybridized carbons (Fsp3) is 0.0526. The summed E-state index contributed by atoms with van der Waals surface area (Å²) in [6, 6.07) is 14.6. The number of sulfonamides is 1. The largest absolute Gasteiger partial charge is 0.325 e. The number of nitrogens with zero attached hydrogens (tertiary/aromatic N) is 2. The average Bonchev–Trinajstić information content (AvgIpc) is 2.69. The summed E-state index contributed by atoms with van der Waals surface area (Å²) in [5.41, 5.74) is 0.683. The summed E-state index contributed by atoms with van der Waals surface area (Å²) >= 11 is 3.30. The molecule has 28 heavy (non-hydrogen) atoms. The molecule has 0 spiro atoms. The third-order valence-electron chi connectivity index (χ3n) is 3.75. The van der Waals surface area contributed by atoms with Crippen LogP contribution in [0.3, 0.4) is 0 Å². The van der Waals surface area contributed by atoms with Crippen molar-refractivity contribution in [2.45, 2.75) is 4.90 Å². The van der Waals surface area contributed by atoms with Crippen molar-refractivity contribution in [2.24, 2.45) is 0 Å². The van der Waals surface area contributed by atoms with Gasteiger partial charge in [0, 0.05) is 22.6 Å². The Bertz CT molecular complexity index is 1060. The summed E-state index contributed by atoms with van der Waals surface area (Å²) in [5.74, 6) is -1.05. The monoisotopic (exact) mass is 463 g/mol. The number of aromatic nitrogens is 1. The third-order valence-corrected chi connectivity index (χ3v) is 6.04. The number of carbonyl (C=O) groups excluding carboxylic acids is 1. The quantitative estimate of drug-likeness (QED) is 0.602. The second-order valence-electron chi connectivity index (χ2n) is 5.73. The fourth-order valence-corrected chi connectivity index (χ4v) is 4.06. The number of pyridine rings is 1. The van der Waals surface area contributed by atoms with Crippen LogP contribution in [0.4, 0.5) is 15.8 Å². The number of amides is 1. The molecule has 144 valence electrons. The number of nitrogens with one attached hydrogen (secondary N) is 1. The van der Waals surface area contributed by atoms with Gasteiger partial charge < -0.3 is 5.32 Å². The third kappa shape index (κ3) is 4.73. The van der Waals surface area contributed by atoms with Crippen LogP contribution >= 0.6 is 15.9 Å². The molecule has 0 bridgehead atoms. The van der Waals surface area contributed by atoms with Crippen molar-refractivity contribution in [3.63, 3.8) is 0 Å². The highest BCUT2D eigenvalue weighted by Gasteiger charge is 2.27. The molecule has 0 fully saturated rings. The van der Waals surface area contributed by atoms with E-state index >= 15 is 0 Å². The Hall–Kier alpha value is -2.78. The topological polar surface area (TPSA) is 79.4 Å². The van der Waals surface area contributed by atoms with Gasteiger partial charge in [-0.25, -0.2) is 12.8 Å². The van der Waals surface area contributed by atoms with E-state index in [0.29, 0.717) is 5.69 Å². The van der Waals surface area contributed by atoms with Crippen LogP contribution in [0.5, 0.6) is 0 Å². The molecule has 0 saturated heterocycles. The molecule has 0 aliphatic carbocycles. The van der Waals surface area contributed by atoms with E-state index in [-0.39, 0.29) is 10.6 Å². The first-order valence-corrected chi connectivity index (χ1v) is 10.3. The van der Waals surface area contributed by atoms with Crippen LogP contribution in [0.25, 0.3) is 0 Å². The van der Waals surface area contributed by atoms with Crippen LogP contribution in [-0.2, 0) is 14.8 Å². The zero-order chi connectivity index (χ0) is 20.1. The highest BCUT2D eigenvalue weighted by Crippen LogP contribution is 2.24. The molecule has 2 aromatic carbocycles. The number of carbonyl (C=O) groups is 1. The molecule has 0 aliphatic rings. The highest BCUT2D eigenvalue weighted by molar-refractivity contribution is 9.10. The van der Waals surface area contributed by atoms with Gasteiger partial charge in [0.15, 0.2) is 0 Å². The van der Waals surface area contributed by atoms with Gasteiger partial charge in [-0.3, -0.25) is 14.1 Å². The van der Waals surface area contributed by atoms with Crippen molar-refractivity contribution in [1.82, 2.24) is 4.98 Å². The minimum absolute atomic E-state index is 0.0734. The Morgan fingerprint density at radius 2 is 1.75 bits per heavy atom. The normalized spacial score (nSPS) is 11.1. The molecule has 1 amide bonds. The molecular weight excluding hydrogens is 449 g/mol. The maximum atomic E-state index is 13.3. The van der Waals surface area contributed by atoms with Crippen molar-refractivity contribution in [1.29, 1.82) is 0 Å². The molecule has 0 unspecified atom stereocenters. The van der Waals surface area contributed by atoms with Gasteiger partial charge in [0.25, 0.3) is 10.0 Å². The lowest BCUT2D eigenvalue weighted by molar-refractivity contribution is -0.114. The van der Waals surface area contributed by atoms with Crippen LogP contribution in [0.1, 0.15) is 0 Å². The molecule has 3 aromatic rings. The summed E-state index contributed by atoms with van der Waals surface area (Å²) in [6.45, 7) is -0.487. The Balaban J connectivity index is 1.91. The smallest absolute Gasteiger partial charge is 0.266 e. The highest BCUT2D eigenvalue weighted by atomic mass is 79.9. The first-order chi connectivity index (χ1) is 13.4. The molecule has 3 rings (SSSR count). The predicted octanol–water partition coefficient (Wildman–Crippen LogP) is 3.82. The summed E-state index contributed by atoms with van der Waals surface area (Å²) in [5, 5.41) is 2.65. The lowest BCUT2D eigenvalue weighted by atomic mass is 10.3. The maximum Gasteiger partial charge on any atom is 0.266 e. The van der Waals surface area contributed by atoms with Gasteiger partial charge in [-0.1, -0.05) is 15.9 Å². The van der Waals surface area contributed by atoms with Crippen molar-refractivity contribution in [3.05, 3.63) is 83.3 Å². The summed E-state index contributed by atoms with van der Waals surface area (Å²) in [4.78, 5) is 16.3. The van der Waals surface area contributed by atoms with Crippen molar-refractivity contribution >= 4 is 43.2 Å². The van der Waals surface area contributed by atoms with E-state index in [1.807, 2.05) is 0 Å². The molecule has 0 saturated carbocycles. The van der Waals surface area contributed by atoms with E-state index in [0.717, 1.165) is 20.9 Å². The van der Waals surface area contributed by atoms with Crippen molar-refractivity contribution in [2.75, 3.05) is 16.2 Å². The number of halogens is 2. The molecule has 0 aliphatic heterocycles. The van der Waals surface area contributed by atoms with Crippen molar-refractivity contribution in [3.8, 4) is 0 Å². The van der Waals surface area contributed by atoms with Gasteiger partial charge in [-0.05, 0) is 60.7 Å². The van der Waals surface area contributed by atoms with Gasteiger partial charge >= 0.3 is 0 Å². The van der Waals surface area contributed by atoms with Crippen LogP contribution in [0, 0.1) is 5.82 Å². The summed E-state index contributed by atoms with van der Waals surface area (Å²) in [7, 11) is -4.08. The first-order valence-electron chi connectivity index (χ1n) is 8.10. The van der Waals surface area contributed by atoms with E-state index in [9.17, 15) is 17.6 Å². The van der Waals surface area contributed by atoms with Crippen LogP contribution in [-0.4, -0.2) is 25.9 Å². The minimum atomic E-state index is -4.08. The summed E-state index contributed by atoms with van der Waals surface area (Å²) < 4.78 is 41.2. The van der Waals surface area contributed by atoms with Gasteiger partial charge in [0.05, 0.1) is 5.69 Å². The van der Waals surface area contributed by atoms with Crippen LogP contribution in [0.15, 0.2) is 82.4 Å². The van der Waals surface area contributed by atoms with Gasteiger partial charge in [0.2, 0.25) is 5.91 Å². The average molecular weight is 464 g/mol. The Morgan fingerprint density at radius 3 is 2.36 bits per heavy atom. The van der Waals surface area contributed by atoms with Crippen LogP contribution in [0.2, 0.25) is 0 Å². The number of anilines is 2. The molecule has 1 aromatic heterocycles. The summed E-state index contributed by atoms with van der Waals surface area (Å²) in [6.07, 6.45) is 2.64. The molecule has 1 N–H and O–H groups in total. The van der Waals surface area contributed by atoms with Gasteiger partial charge in [0.1, 0.15) is 17.3 Å². The van der Waals surface area contributed by atoms with Gasteiger partial charge in [-0.15, -0.1) is 0 Å². The molecule has 1 heterocycles. The number of rotatable bonds is 6. The van der Waals surface area contributed by atoms with E-state index in [1.165, 1.54) is 36.7 Å². The van der Waals surface area contributed by atoms with Gasteiger partial charge in [-0.2, -0.15) is 0 Å². The minimum Gasteiger partial charge on any atom is -0.325 e. The SMILES string of the molecule is O=C(CN(c1ccc(F)cc1)S(=O)(=O)c1cccnc1)Nc1ccc(Br)cc1. The zero-order valence-corrected chi connectivity index (χ0v) is 16.8. The number of hydrogen-bond donors (Lipinski definition) is 1. The standard InChI is InChI=1S/C19H15BrFN3O3S/c20-14-3-7-16(8-4-14)23-19(25)13-24(17-9-5-15(21)6-10-17)28(26,27)18-2-1-11-22-12-18/h1-12H,13H2,(H,23,25). The first kappa shape index (κ1) is 20.0. The lowest BCUT2D eigenvalue weighted by Crippen LogP contribution is -2.38. The van der Waals surface area contributed by atoms with Crippen LogP contribution < -0.4 is 9.62 Å². The zero-order valence-electron chi connectivity index (χ0n) is 14.4. The van der Waals surface area contributed by atoms with Crippen molar-refractivity contribution < 1.29 is 17.6 Å². The van der Waals surface area contributed by atoms with E-state index in [4.69, 9.17) is 0 Å². The van der Waals surface area contributed by atoms with E-state index < -0.39 is 28.3 Å². The lowest BCUT2D eigenvalue weighted by Gasteiger charge is -2.24. The Kier molecular flexibility index (Phi) is 6.05. The molecule has 9 heteroatoms. The number of hydrogen-bond acceptors (Lipinski definition) is 4. The number of benzene rings is 2. The molecule has 0 atom stereocenters. The Labute approximate surface area is 170 Å². The Morgan fingerprint density at radius 1 is 1.07 bits per heavy atom. The predicted molar refractivity (Wildman–Crippen MR) is 108 cm³/mol. The molecule has 6 nitrogen and oxygen atoms in total. The molecular formula is C19H15BrFN3O3S. The maximum absolute atomic E-state index is 13.3. The van der Waals surface area contributed by atoms with E-state index in [1.54, 1.807) is 24.3 Å². The molecule has 0 radical (unpaired) electrons.